The number of rotatable bonds is 5. The van der Waals surface area contributed by atoms with E-state index in [9.17, 15) is 0 Å². The van der Waals surface area contributed by atoms with Crippen LogP contribution >= 0.6 is 11.8 Å². The van der Waals surface area contributed by atoms with Crippen molar-refractivity contribution >= 4 is 34.2 Å². The number of fused-ring (bicyclic) bond motifs is 1. The standard InChI is InChI=1S/C16H17N3OS/c1-3-21-11-8-9-14(15(10-11)20-2)17-16-12-6-4-5-7-13(12)18-19-16/h4-10H,3H2,1-2H3,(H2,17,18,19). The van der Waals surface area contributed by atoms with E-state index in [1.54, 1.807) is 18.9 Å². The average Bonchev–Trinajstić information content (AvgIpc) is 2.92. The second-order valence-corrected chi connectivity index (χ2v) is 5.88. The van der Waals surface area contributed by atoms with Crippen molar-refractivity contribution in [3.63, 3.8) is 0 Å². The quantitative estimate of drug-likeness (QED) is 0.684. The number of aromatic nitrogens is 2. The lowest BCUT2D eigenvalue weighted by Gasteiger charge is -2.11. The Kier molecular flexibility index (Phi) is 4.01. The Morgan fingerprint density at radius 3 is 2.90 bits per heavy atom. The van der Waals surface area contributed by atoms with Gasteiger partial charge in [0.05, 0.1) is 18.3 Å². The van der Waals surface area contributed by atoms with E-state index in [-0.39, 0.29) is 0 Å². The van der Waals surface area contributed by atoms with Crippen molar-refractivity contribution in [2.75, 3.05) is 18.2 Å². The zero-order valence-corrected chi connectivity index (χ0v) is 12.8. The second kappa shape index (κ2) is 6.10. The van der Waals surface area contributed by atoms with Gasteiger partial charge in [-0.1, -0.05) is 19.1 Å². The molecular weight excluding hydrogens is 282 g/mol. The molecule has 0 saturated carbocycles. The van der Waals surface area contributed by atoms with Gasteiger partial charge in [-0.2, -0.15) is 5.10 Å². The van der Waals surface area contributed by atoms with E-state index < -0.39 is 0 Å². The predicted octanol–water partition coefficient (Wildman–Crippen LogP) is 4.43. The van der Waals surface area contributed by atoms with Crippen LogP contribution in [0.5, 0.6) is 5.75 Å². The molecule has 3 aromatic rings. The predicted molar refractivity (Wildman–Crippen MR) is 88.8 cm³/mol. The Morgan fingerprint density at radius 2 is 2.10 bits per heavy atom. The van der Waals surface area contributed by atoms with Crippen LogP contribution < -0.4 is 10.1 Å². The third kappa shape index (κ3) is 2.83. The van der Waals surface area contributed by atoms with Gasteiger partial charge < -0.3 is 10.1 Å². The zero-order chi connectivity index (χ0) is 14.7. The molecule has 0 fully saturated rings. The van der Waals surface area contributed by atoms with Crippen molar-refractivity contribution < 1.29 is 4.74 Å². The second-order valence-electron chi connectivity index (χ2n) is 4.54. The van der Waals surface area contributed by atoms with Gasteiger partial charge in [0, 0.05) is 10.3 Å². The van der Waals surface area contributed by atoms with Gasteiger partial charge in [0.1, 0.15) is 5.75 Å². The number of anilines is 2. The summed E-state index contributed by atoms with van der Waals surface area (Å²) in [5.74, 6) is 2.67. The first-order chi connectivity index (χ1) is 10.3. The number of thioether (sulfide) groups is 1. The fourth-order valence-electron chi connectivity index (χ4n) is 2.22. The Labute approximate surface area is 127 Å². The number of para-hydroxylation sites is 1. The van der Waals surface area contributed by atoms with E-state index in [0.717, 1.165) is 33.9 Å². The molecule has 0 amide bonds. The van der Waals surface area contributed by atoms with E-state index in [4.69, 9.17) is 4.74 Å². The third-order valence-corrected chi connectivity index (χ3v) is 4.08. The summed E-state index contributed by atoms with van der Waals surface area (Å²) >= 11 is 1.79. The Bertz CT molecular complexity index is 754. The van der Waals surface area contributed by atoms with Crippen LogP contribution in [0.25, 0.3) is 10.9 Å². The molecule has 0 aliphatic heterocycles. The molecule has 4 nitrogen and oxygen atoms in total. The summed E-state index contributed by atoms with van der Waals surface area (Å²) in [6, 6.07) is 14.2. The number of hydrogen-bond donors (Lipinski definition) is 2. The maximum atomic E-state index is 5.48. The van der Waals surface area contributed by atoms with Gasteiger partial charge in [-0.05, 0) is 36.1 Å². The molecular formula is C16H17N3OS. The molecule has 0 spiro atoms. The smallest absolute Gasteiger partial charge is 0.160 e. The molecule has 5 heteroatoms. The summed E-state index contributed by atoms with van der Waals surface area (Å²) in [5, 5.41) is 11.7. The van der Waals surface area contributed by atoms with Crippen LogP contribution in [0.3, 0.4) is 0 Å². The highest BCUT2D eigenvalue weighted by Gasteiger charge is 2.09. The van der Waals surface area contributed by atoms with Gasteiger partial charge in [-0.15, -0.1) is 11.8 Å². The normalized spacial score (nSPS) is 10.8. The van der Waals surface area contributed by atoms with Gasteiger partial charge in [-0.3, -0.25) is 5.10 Å². The topological polar surface area (TPSA) is 49.9 Å². The van der Waals surface area contributed by atoms with Crippen LogP contribution in [-0.4, -0.2) is 23.1 Å². The van der Waals surface area contributed by atoms with Crippen molar-refractivity contribution in [1.29, 1.82) is 0 Å². The molecule has 21 heavy (non-hydrogen) atoms. The molecule has 1 heterocycles. The first-order valence-corrected chi connectivity index (χ1v) is 7.81. The number of aromatic amines is 1. The first-order valence-electron chi connectivity index (χ1n) is 6.82. The highest BCUT2D eigenvalue weighted by atomic mass is 32.2. The summed E-state index contributed by atoms with van der Waals surface area (Å²) in [7, 11) is 1.68. The van der Waals surface area contributed by atoms with Crippen LogP contribution in [0.15, 0.2) is 47.4 Å². The fraction of sp³-hybridized carbons (Fsp3) is 0.188. The largest absolute Gasteiger partial charge is 0.495 e. The minimum Gasteiger partial charge on any atom is -0.495 e. The number of nitrogens with zero attached hydrogens (tertiary/aromatic N) is 1. The van der Waals surface area contributed by atoms with Gasteiger partial charge in [0.2, 0.25) is 0 Å². The average molecular weight is 299 g/mol. The van der Waals surface area contributed by atoms with Gasteiger partial charge in [0.15, 0.2) is 5.82 Å². The first kappa shape index (κ1) is 13.8. The molecule has 3 rings (SSSR count). The van der Waals surface area contributed by atoms with E-state index in [0.29, 0.717) is 0 Å². The zero-order valence-electron chi connectivity index (χ0n) is 12.0. The number of H-pyrrole nitrogens is 1. The lowest BCUT2D eigenvalue weighted by Crippen LogP contribution is -1.95. The van der Waals surface area contributed by atoms with Gasteiger partial charge >= 0.3 is 0 Å². The molecule has 2 aromatic carbocycles. The van der Waals surface area contributed by atoms with Crippen LogP contribution in [0.2, 0.25) is 0 Å². The molecule has 0 atom stereocenters. The molecule has 0 radical (unpaired) electrons. The highest BCUT2D eigenvalue weighted by Crippen LogP contribution is 2.33. The lowest BCUT2D eigenvalue weighted by atomic mass is 10.2. The summed E-state index contributed by atoms with van der Waals surface area (Å²) in [6.07, 6.45) is 0. The van der Waals surface area contributed by atoms with Crippen molar-refractivity contribution in [2.45, 2.75) is 11.8 Å². The minimum absolute atomic E-state index is 0.805. The Morgan fingerprint density at radius 1 is 1.24 bits per heavy atom. The highest BCUT2D eigenvalue weighted by molar-refractivity contribution is 7.99. The van der Waals surface area contributed by atoms with E-state index in [1.807, 2.05) is 36.4 Å². The van der Waals surface area contributed by atoms with Crippen molar-refractivity contribution in [2.24, 2.45) is 0 Å². The Hall–Kier alpha value is -2.14. The van der Waals surface area contributed by atoms with Crippen LogP contribution in [-0.2, 0) is 0 Å². The molecule has 1 aromatic heterocycles. The summed E-state index contributed by atoms with van der Waals surface area (Å²) in [5.41, 5.74) is 1.92. The molecule has 2 N–H and O–H groups in total. The Balaban J connectivity index is 1.94. The SMILES string of the molecule is CCSc1ccc(Nc2n[nH]c3ccccc23)c(OC)c1. The summed E-state index contributed by atoms with van der Waals surface area (Å²) < 4.78 is 5.48. The molecule has 0 bridgehead atoms. The van der Waals surface area contributed by atoms with Crippen molar-refractivity contribution in [1.82, 2.24) is 10.2 Å². The summed E-state index contributed by atoms with van der Waals surface area (Å²) in [6.45, 7) is 2.14. The molecule has 108 valence electrons. The maximum absolute atomic E-state index is 5.48. The van der Waals surface area contributed by atoms with E-state index in [2.05, 4.69) is 28.5 Å². The van der Waals surface area contributed by atoms with Crippen LogP contribution in [0.1, 0.15) is 6.92 Å². The monoisotopic (exact) mass is 299 g/mol. The van der Waals surface area contributed by atoms with Gasteiger partial charge in [-0.25, -0.2) is 0 Å². The number of ether oxygens (including phenoxy) is 1. The number of hydrogen-bond acceptors (Lipinski definition) is 4. The van der Waals surface area contributed by atoms with Crippen molar-refractivity contribution in [3.8, 4) is 5.75 Å². The van der Waals surface area contributed by atoms with Crippen LogP contribution in [0.4, 0.5) is 11.5 Å². The maximum Gasteiger partial charge on any atom is 0.160 e. The minimum atomic E-state index is 0.805. The number of benzene rings is 2. The van der Waals surface area contributed by atoms with Crippen LogP contribution in [0, 0.1) is 0 Å². The molecule has 0 aliphatic rings. The number of nitrogens with one attached hydrogen (secondary N) is 2. The van der Waals surface area contributed by atoms with E-state index in [1.165, 1.54) is 4.90 Å². The fourth-order valence-corrected chi connectivity index (χ4v) is 2.91. The third-order valence-electron chi connectivity index (χ3n) is 3.21. The number of methoxy groups -OCH3 is 1. The van der Waals surface area contributed by atoms with Gasteiger partial charge in [0.25, 0.3) is 0 Å². The summed E-state index contributed by atoms with van der Waals surface area (Å²) in [4.78, 5) is 1.20. The molecule has 0 aliphatic carbocycles. The molecule has 0 unspecified atom stereocenters. The lowest BCUT2D eigenvalue weighted by molar-refractivity contribution is 0.415. The molecule has 0 saturated heterocycles. The van der Waals surface area contributed by atoms with Crippen molar-refractivity contribution in [3.05, 3.63) is 42.5 Å². The van der Waals surface area contributed by atoms with E-state index >= 15 is 0 Å².